The van der Waals surface area contributed by atoms with Crippen molar-refractivity contribution in [1.82, 2.24) is 0 Å². The summed E-state index contributed by atoms with van der Waals surface area (Å²) in [5.74, 6) is -0.202. The standard InChI is InChI=1S/C10H12BF/c1-10(2,7-11)8-3-5-9(12)6-4-8/h3-6H,7H2,1-2H3. The number of rotatable bonds is 2. The van der Waals surface area contributed by atoms with Crippen molar-refractivity contribution in [3.05, 3.63) is 35.6 Å². The van der Waals surface area contributed by atoms with Gasteiger partial charge < -0.3 is 0 Å². The summed E-state index contributed by atoms with van der Waals surface area (Å²) in [7, 11) is 5.58. The third-order valence-corrected chi connectivity index (χ3v) is 2.14. The monoisotopic (exact) mass is 162 g/mol. The second-order valence-corrected chi connectivity index (χ2v) is 3.59. The van der Waals surface area contributed by atoms with Crippen molar-refractivity contribution in [3.63, 3.8) is 0 Å². The molecule has 0 unspecified atom stereocenters. The molecule has 0 saturated carbocycles. The highest BCUT2D eigenvalue weighted by Crippen LogP contribution is 2.25. The fourth-order valence-electron chi connectivity index (χ4n) is 1.02. The molecule has 0 nitrogen and oxygen atoms in total. The Hall–Kier alpha value is -0.785. The summed E-state index contributed by atoms with van der Waals surface area (Å²) >= 11 is 0. The van der Waals surface area contributed by atoms with Gasteiger partial charge in [0.15, 0.2) is 0 Å². The molecule has 0 aliphatic heterocycles. The van der Waals surface area contributed by atoms with Gasteiger partial charge in [-0.05, 0) is 23.1 Å². The molecule has 1 aromatic carbocycles. The van der Waals surface area contributed by atoms with Crippen molar-refractivity contribution in [3.8, 4) is 0 Å². The smallest absolute Gasteiger partial charge is 0.123 e. The van der Waals surface area contributed by atoms with Crippen LogP contribution in [0.3, 0.4) is 0 Å². The minimum absolute atomic E-state index is 0.0618. The molecular formula is C10H12BF. The number of hydrogen-bond donors (Lipinski definition) is 0. The molecule has 0 N–H and O–H groups in total. The Morgan fingerprint density at radius 2 is 1.75 bits per heavy atom. The molecular weight excluding hydrogens is 150 g/mol. The number of benzene rings is 1. The molecule has 0 fully saturated rings. The van der Waals surface area contributed by atoms with E-state index < -0.39 is 0 Å². The van der Waals surface area contributed by atoms with Crippen LogP contribution in [-0.4, -0.2) is 7.85 Å². The van der Waals surface area contributed by atoms with Crippen molar-refractivity contribution < 1.29 is 4.39 Å². The van der Waals surface area contributed by atoms with Gasteiger partial charge in [-0.25, -0.2) is 4.39 Å². The molecule has 0 aromatic heterocycles. The maximum atomic E-state index is 12.5. The molecule has 62 valence electrons. The van der Waals surface area contributed by atoms with E-state index in [0.29, 0.717) is 6.32 Å². The van der Waals surface area contributed by atoms with E-state index in [9.17, 15) is 4.39 Å². The predicted molar refractivity (Wildman–Crippen MR) is 50.0 cm³/mol. The van der Waals surface area contributed by atoms with Crippen molar-refractivity contribution in [1.29, 1.82) is 0 Å². The van der Waals surface area contributed by atoms with Crippen LogP contribution in [0.15, 0.2) is 24.3 Å². The van der Waals surface area contributed by atoms with Gasteiger partial charge in [-0.2, -0.15) is 0 Å². The highest BCUT2D eigenvalue weighted by Gasteiger charge is 2.16. The topological polar surface area (TPSA) is 0 Å². The van der Waals surface area contributed by atoms with Crippen molar-refractivity contribution in [2.75, 3.05) is 0 Å². The van der Waals surface area contributed by atoms with Crippen molar-refractivity contribution in [2.45, 2.75) is 25.6 Å². The van der Waals surface area contributed by atoms with E-state index in [0.717, 1.165) is 5.56 Å². The van der Waals surface area contributed by atoms with E-state index in [4.69, 9.17) is 7.85 Å². The van der Waals surface area contributed by atoms with Gasteiger partial charge in [0.2, 0.25) is 0 Å². The average molecular weight is 162 g/mol. The van der Waals surface area contributed by atoms with Crippen LogP contribution in [0, 0.1) is 5.82 Å². The molecule has 0 spiro atoms. The minimum atomic E-state index is -0.202. The van der Waals surface area contributed by atoms with E-state index in [1.165, 1.54) is 12.1 Å². The van der Waals surface area contributed by atoms with Crippen LogP contribution in [0.25, 0.3) is 0 Å². The Labute approximate surface area is 74.2 Å². The lowest BCUT2D eigenvalue weighted by molar-refractivity contribution is 0.582. The summed E-state index contributed by atoms with van der Waals surface area (Å²) in [5.41, 5.74) is 1.01. The normalized spacial score (nSPS) is 11.6. The van der Waals surface area contributed by atoms with Gasteiger partial charge in [0.1, 0.15) is 5.82 Å². The number of halogens is 1. The lowest BCUT2D eigenvalue weighted by Gasteiger charge is -2.23. The molecule has 1 rings (SSSR count). The highest BCUT2D eigenvalue weighted by molar-refractivity contribution is 6.09. The Morgan fingerprint density at radius 3 is 2.17 bits per heavy atom. The third kappa shape index (κ3) is 1.87. The van der Waals surface area contributed by atoms with Crippen LogP contribution in [0.5, 0.6) is 0 Å². The van der Waals surface area contributed by atoms with Gasteiger partial charge >= 0.3 is 0 Å². The summed E-state index contributed by atoms with van der Waals surface area (Å²) in [6, 6.07) is 6.49. The molecule has 0 aliphatic carbocycles. The van der Waals surface area contributed by atoms with Crippen molar-refractivity contribution in [2.24, 2.45) is 0 Å². The second-order valence-electron chi connectivity index (χ2n) is 3.59. The largest absolute Gasteiger partial charge is 0.207 e. The SMILES string of the molecule is [B]CC(C)(C)c1ccc(F)cc1. The zero-order valence-electron chi connectivity index (χ0n) is 7.47. The molecule has 2 heteroatoms. The Balaban J connectivity index is 2.96. The van der Waals surface area contributed by atoms with Gasteiger partial charge in [0.05, 0.1) is 7.85 Å². The third-order valence-electron chi connectivity index (χ3n) is 2.14. The molecule has 0 heterocycles. The second kappa shape index (κ2) is 3.30. The lowest BCUT2D eigenvalue weighted by Crippen LogP contribution is -2.15. The summed E-state index contributed by atoms with van der Waals surface area (Å²) in [5, 5.41) is 0. The van der Waals surface area contributed by atoms with Gasteiger partial charge in [-0.15, -0.1) is 0 Å². The maximum absolute atomic E-state index is 12.5. The first-order valence-electron chi connectivity index (χ1n) is 4.02. The molecule has 0 saturated heterocycles. The van der Waals surface area contributed by atoms with Crippen molar-refractivity contribution >= 4 is 7.85 Å². The van der Waals surface area contributed by atoms with Crippen LogP contribution in [-0.2, 0) is 5.41 Å². The van der Waals surface area contributed by atoms with E-state index in [1.807, 2.05) is 13.8 Å². The molecule has 12 heavy (non-hydrogen) atoms. The van der Waals surface area contributed by atoms with Gasteiger partial charge in [-0.3, -0.25) is 0 Å². The average Bonchev–Trinajstić information content (AvgIpc) is 2.05. The van der Waals surface area contributed by atoms with E-state index >= 15 is 0 Å². The van der Waals surface area contributed by atoms with E-state index in [1.54, 1.807) is 12.1 Å². The quantitative estimate of drug-likeness (QED) is 0.586. The number of hydrogen-bond acceptors (Lipinski definition) is 0. The van der Waals surface area contributed by atoms with Crippen LogP contribution in [0.2, 0.25) is 6.32 Å². The van der Waals surface area contributed by atoms with Crippen LogP contribution >= 0.6 is 0 Å². The minimum Gasteiger partial charge on any atom is -0.207 e. The molecule has 0 bridgehead atoms. The van der Waals surface area contributed by atoms with E-state index in [-0.39, 0.29) is 11.2 Å². The zero-order valence-corrected chi connectivity index (χ0v) is 7.47. The van der Waals surface area contributed by atoms with E-state index in [2.05, 4.69) is 0 Å². The zero-order chi connectivity index (χ0) is 9.19. The Morgan fingerprint density at radius 1 is 1.25 bits per heavy atom. The molecule has 1 aromatic rings. The summed E-state index contributed by atoms with van der Waals surface area (Å²) < 4.78 is 12.5. The van der Waals surface area contributed by atoms with Gasteiger partial charge in [-0.1, -0.05) is 32.3 Å². The first-order valence-corrected chi connectivity index (χ1v) is 4.02. The molecule has 2 radical (unpaired) electrons. The first kappa shape index (κ1) is 9.30. The summed E-state index contributed by atoms with van der Waals surface area (Å²) in [6.07, 6.45) is 0.568. The first-order chi connectivity index (χ1) is 5.56. The maximum Gasteiger partial charge on any atom is 0.123 e. The lowest BCUT2D eigenvalue weighted by atomic mass is 9.74. The van der Waals surface area contributed by atoms with Crippen LogP contribution in [0.1, 0.15) is 19.4 Å². The van der Waals surface area contributed by atoms with Gasteiger partial charge in [0, 0.05) is 0 Å². The van der Waals surface area contributed by atoms with Crippen LogP contribution < -0.4 is 0 Å². The van der Waals surface area contributed by atoms with Crippen LogP contribution in [0.4, 0.5) is 4.39 Å². The predicted octanol–water partition coefficient (Wildman–Crippen LogP) is 2.69. The molecule has 0 atom stereocenters. The molecule has 0 amide bonds. The summed E-state index contributed by atoms with van der Waals surface area (Å²) in [6.45, 7) is 4.08. The Kier molecular flexibility index (Phi) is 2.56. The van der Waals surface area contributed by atoms with Gasteiger partial charge in [0.25, 0.3) is 0 Å². The highest BCUT2D eigenvalue weighted by atomic mass is 19.1. The Bertz CT molecular complexity index is 251. The fraction of sp³-hybridized carbons (Fsp3) is 0.400. The summed E-state index contributed by atoms with van der Waals surface area (Å²) in [4.78, 5) is 0. The fourth-order valence-corrected chi connectivity index (χ4v) is 1.02. The molecule has 0 aliphatic rings.